The molecule has 3 N–H and O–H groups in total. The summed E-state index contributed by atoms with van der Waals surface area (Å²) in [5, 5.41) is 8.88. The zero-order chi connectivity index (χ0) is 24.9. The van der Waals surface area contributed by atoms with E-state index in [1.807, 2.05) is 43.3 Å². The van der Waals surface area contributed by atoms with Gasteiger partial charge in [0.2, 0.25) is 0 Å². The number of benzene rings is 3. The van der Waals surface area contributed by atoms with Crippen LogP contribution in [0.25, 0.3) is 0 Å². The van der Waals surface area contributed by atoms with Crippen molar-refractivity contribution in [3.05, 3.63) is 89.5 Å². The second-order valence-corrected chi connectivity index (χ2v) is 10.0. The number of rotatable bonds is 7. The second-order valence-electron chi connectivity index (χ2n) is 10.0. The van der Waals surface area contributed by atoms with Gasteiger partial charge in [-0.1, -0.05) is 42.5 Å². The molecule has 1 saturated heterocycles. The van der Waals surface area contributed by atoms with E-state index < -0.39 is 0 Å². The summed E-state index contributed by atoms with van der Waals surface area (Å²) in [6.07, 6.45) is 5.35. The Kier molecular flexibility index (Phi) is 7.21. The van der Waals surface area contributed by atoms with Gasteiger partial charge < -0.3 is 20.9 Å². The first-order valence-electron chi connectivity index (χ1n) is 12.9. The number of urea groups is 1. The smallest absolute Gasteiger partial charge is 0.323 e. The van der Waals surface area contributed by atoms with E-state index in [2.05, 4.69) is 51.2 Å². The first kappa shape index (κ1) is 23.9. The molecule has 3 amide bonds. The summed E-state index contributed by atoms with van der Waals surface area (Å²) in [6, 6.07) is 23.9. The molecule has 2 fully saturated rings. The molecule has 3 aromatic rings. The average Bonchev–Trinajstić information content (AvgIpc) is 3.69. The molecule has 36 heavy (non-hydrogen) atoms. The van der Waals surface area contributed by atoms with Crippen molar-refractivity contribution >= 4 is 29.0 Å². The molecule has 0 radical (unpaired) electrons. The lowest BCUT2D eigenvalue weighted by Gasteiger charge is -2.35. The van der Waals surface area contributed by atoms with E-state index in [1.165, 1.54) is 5.56 Å². The third kappa shape index (κ3) is 6.25. The quantitative estimate of drug-likeness (QED) is 0.387. The number of nitrogens with zero attached hydrogens (tertiary/aromatic N) is 1. The zero-order valence-corrected chi connectivity index (χ0v) is 20.8. The van der Waals surface area contributed by atoms with Crippen LogP contribution in [0.4, 0.5) is 21.9 Å². The van der Waals surface area contributed by atoms with Gasteiger partial charge in [-0.05, 0) is 86.4 Å². The summed E-state index contributed by atoms with van der Waals surface area (Å²) >= 11 is 0. The molecule has 0 atom stereocenters. The van der Waals surface area contributed by atoms with Crippen LogP contribution in [0.1, 0.15) is 47.2 Å². The molecular weight excluding hydrogens is 448 g/mol. The maximum absolute atomic E-state index is 13.2. The van der Waals surface area contributed by atoms with Crippen LogP contribution in [0.5, 0.6) is 0 Å². The molecule has 0 bridgehead atoms. The monoisotopic (exact) mass is 482 g/mol. The van der Waals surface area contributed by atoms with Gasteiger partial charge in [-0.3, -0.25) is 4.79 Å². The molecule has 1 heterocycles. The molecule has 3 aromatic carbocycles. The van der Waals surface area contributed by atoms with E-state index in [1.54, 1.807) is 6.07 Å². The summed E-state index contributed by atoms with van der Waals surface area (Å²) in [6.45, 7) is 3.82. The fraction of sp³-hybridized carbons (Fsp3) is 0.333. The van der Waals surface area contributed by atoms with Gasteiger partial charge in [0.15, 0.2) is 0 Å². The molecule has 5 rings (SSSR count). The van der Waals surface area contributed by atoms with E-state index in [-0.39, 0.29) is 18.0 Å². The predicted molar refractivity (Wildman–Crippen MR) is 146 cm³/mol. The number of aryl methyl sites for hydroxylation is 1. The summed E-state index contributed by atoms with van der Waals surface area (Å²) in [4.78, 5) is 28.1. The summed E-state index contributed by atoms with van der Waals surface area (Å²) in [5.41, 5.74) is 5.36. The molecule has 6 nitrogen and oxygen atoms in total. The maximum Gasteiger partial charge on any atom is 0.323 e. The highest BCUT2D eigenvalue weighted by molar-refractivity contribution is 6.04. The minimum absolute atomic E-state index is 0.0679. The van der Waals surface area contributed by atoms with Crippen LogP contribution in [0.3, 0.4) is 0 Å². The Labute approximate surface area is 213 Å². The van der Waals surface area contributed by atoms with Crippen LogP contribution < -0.4 is 20.9 Å². The Morgan fingerprint density at radius 1 is 0.833 bits per heavy atom. The van der Waals surface area contributed by atoms with E-state index in [9.17, 15) is 9.59 Å². The first-order valence-corrected chi connectivity index (χ1v) is 12.9. The van der Waals surface area contributed by atoms with Gasteiger partial charge in [0.25, 0.3) is 5.91 Å². The Balaban J connectivity index is 1.27. The average molecular weight is 483 g/mol. The SMILES string of the molecule is Cc1cccc(NC(=O)Nc2ccc(N3CCC(Cc4ccccc4)CC3)c(C(=O)NC3CC3)c2)c1. The van der Waals surface area contributed by atoms with E-state index in [0.29, 0.717) is 17.2 Å². The van der Waals surface area contributed by atoms with Gasteiger partial charge >= 0.3 is 6.03 Å². The molecule has 6 heteroatoms. The molecule has 0 unspecified atom stereocenters. The van der Waals surface area contributed by atoms with Gasteiger partial charge in [0.1, 0.15) is 0 Å². The highest BCUT2D eigenvalue weighted by Crippen LogP contribution is 2.31. The van der Waals surface area contributed by atoms with Crippen molar-refractivity contribution in [2.45, 2.75) is 45.1 Å². The van der Waals surface area contributed by atoms with Crippen molar-refractivity contribution in [2.75, 3.05) is 28.6 Å². The fourth-order valence-corrected chi connectivity index (χ4v) is 4.90. The van der Waals surface area contributed by atoms with Crippen LogP contribution in [-0.4, -0.2) is 31.1 Å². The maximum atomic E-state index is 13.2. The predicted octanol–water partition coefficient (Wildman–Crippen LogP) is 5.99. The number of hydrogen-bond acceptors (Lipinski definition) is 3. The topological polar surface area (TPSA) is 73.5 Å². The van der Waals surface area contributed by atoms with E-state index in [4.69, 9.17) is 0 Å². The minimum Gasteiger partial charge on any atom is -0.371 e. The van der Waals surface area contributed by atoms with Gasteiger partial charge in [-0.2, -0.15) is 0 Å². The second kappa shape index (κ2) is 10.9. The van der Waals surface area contributed by atoms with Gasteiger partial charge in [-0.25, -0.2) is 4.79 Å². The van der Waals surface area contributed by atoms with Crippen LogP contribution in [0.2, 0.25) is 0 Å². The van der Waals surface area contributed by atoms with Gasteiger partial charge in [0, 0.05) is 36.2 Å². The number of hydrogen-bond donors (Lipinski definition) is 3. The molecule has 1 aliphatic carbocycles. The van der Waals surface area contributed by atoms with Crippen molar-refractivity contribution in [1.82, 2.24) is 5.32 Å². The molecule has 0 aromatic heterocycles. The van der Waals surface area contributed by atoms with Crippen molar-refractivity contribution in [3.63, 3.8) is 0 Å². The standard InChI is InChI=1S/C30H34N4O2/c1-21-6-5-9-25(18-21)32-30(36)33-26-12-13-28(27(20-26)29(35)31-24-10-11-24)34-16-14-23(15-17-34)19-22-7-3-2-4-8-22/h2-9,12-13,18,20,23-24H,10-11,14-17,19H2,1H3,(H,31,35)(H2,32,33,36). The van der Waals surface area contributed by atoms with Gasteiger partial charge in [-0.15, -0.1) is 0 Å². The number of amides is 3. The Morgan fingerprint density at radius 3 is 2.25 bits per heavy atom. The number of piperidine rings is 1. The molecule has 1 aliphatic heterocycles. The number of carbonyl (C=O) groups excluding carboxylic acids is 2. The van der Waals surface area contributed by atoms with Crippen LogP contribution in [0, 0.1) is 12.8 Å². The van der Waals surface area contributed by atoms with Gasteiger partial charge in [0.05, 0.1) is 5.56 Å². The molecular formula is C30H34N4O2. The highest BCUT2D eigenvalue weighted by atomic mass is 16.2. The van der Waals surface area contributed by atoms with E-state index in [0.717, 1.165) is 62.1 Å². The lowest BCUT2D eigenvalue weighted by Crippen LogP contribution is -2.36. The van der Waals surface area contributed by atoms with Crippen molar-refractivity contribution in [1.29, 1.82) is 0 Å². The summed E-state index contributed by atoms with van der Waals surface area (Å²) < 4.78 is 0. The van der Waals surface area contributed by atoms with Crippen LogP contribution in [0.15, 0.2) is 72.8 Å². The summed E-state index contributed by atoms with van der Waals surface area (Å²) in [7, 11) is 0. The molecule has 1 saturated carbocycles. The number of carbonyl (C=O) groups is 2. The lowest BCUT2D eigenvalue weighted by atomic mass is 9.89. The van der Waals surface area contributed by atoms with Crippen LogP contribution >= 0.6 is 0 Å². The first-order chi connectivity index (χ1) is 17.5. The largest absolute Gasteiger partial charge is 0.371 e. The normalized spacial score (nSPS) is 15.9. The zero-order valence-electron chi connectivity index (χ0n) is 20.8. The molecule has 2 aliphatic rings. The third-order valence-corrected chi connectivity index (χ3v) is 7.01. The Bertz CT molecular complexity index is 1210. The fourth-order valence-electron chi connectivity index (χ4n) is 4.90. The minimum atomic E-state index is -0.330. The van der Waals surface area contributed by atoms with Crippen molar-refractivity contribution in [3.8, 4) is 0 Å². The van der Waals surface area contributed by atoms with Crippen molar-refractivity contribution < 1.29 is 9.59 Å². The van der Waals surface area contributed by atoms with Crippen LogP contribution in [-0.2, 0) is 6.42 Å². The van der Waals surface area contributed by atoms with E-state index >= 15 is 0 Å². The van der Waals surface area contributed by atoms with Crippen molar-refractivity contribution in [2.24, 2.45) is 5.92 Å². The lowest BCUT2D eigenvalue weighted by molar-refractivity contribution is 0.0951. The number of nitrogens with one attached hydrogen (secondary N) is 3. The Morgan fingerprint density at radius 2 is 1.56 bits per heavy atom. The third-order valence-electron chi connectivity index (χ3n) is 7.01. The molecule has 186 valence electrons. The number of anilines is 3. The molecule has 0 spiro atoms. The Hall–Kier alpha value is -3.80. The summed E-state index contributed by atoms with van der Waals surface area (Å²) in [5.74, 6) is 0.584. The highest BCUT2D eigenvalue weighted by Gasteiger charge is 2.27.